The Morgan fingerprint density at radius 2 is 2.40 bits per heavy atom. The molecule has 0 aliphatic rings. The number of thiazole rings is 1. The molecule has 0 unspecified atom stereocenters. The predicted molar refractivity (Wildman–Crippen MR) is 48.2 cm³/mol. The van der Waals surface area contributed by atoms with Crippen molar-refractivity contribution in [1.82, 2.24) is 4.98 Å². The lowest BCUT2D eigenvalue weighted by molar-refractivity contribution is 1.18. The molecule has 0 radical (unpaired) electrons. The second-order valence-electron chi connectivity index (χ2n) is 1.60. The van der Waals surface area contributed by atoms with Crippen LogP contribution in [0.4, 0.5) is 5.13 Å². The zero-order valence-corrected chi connectivity index (χ0v) is 7.60. The third kappa shape index (κ3) is 2.73. The normalized spacial score (nSPS) is 8.90. The van der Waals surface area contributed by atoms with Crippen molar-refractivity contribution < 1.29 is 0 Å². The highest BCUT2D eigenvalue weighted by molar-refractivity contribution is 7.15. The van der Waals surface area contributed by atoms with E-state index in [0.29, 0.717) is 11.0 Å². The van der Waals surface area contributed by atoms with E-state index < -0.39 is 0 Å². The number of aromatic nitrogens is 1. The highest BCUT2D eigenvalue weighted by atomic mass is 35.5. The zero-order chi connectivity index (χ0) is 6.69. The molecule has 1 aromatic rings. The molecule has 0 aliphatic carbocycles. The van der Waals surface area contributed by atoms with Gasteiger partial charge in [-0.1, -0.05) is 0 Å². The third-order valence-corrected chi connectivity index (χ3v) is 1.99. The minimum Gasteiger partial charge on any atom is -0.375 e. The number of halogens is 2. The van der Waals surface area contributed by atoms with Crippen LogP contribution in [0.5, 0.6) is 0 Å². The molecule has 1 aromatic heterocycles. The van der Waals surface area contributed by atoms with Gasteiger partial charge >= 0.3 is 0 Å². The van der Waals surface area contributed by atoms with Gasteiger partial charge < -0.3 is 5.73 Å². The summed E-state index contributed by atoms with van der Waals surface area (Å²) in [5.74, 6) is 0.641. The van der Waals surface area contributed by atoms with Gasteiger partial charge in [-0.2, -0.15) is 0 Å². The number of hydrogen-bond donors (Lipinski definition) is 1. The van der Waals surface area contributed by atoms with Crippen molar-refractivity contribution >= 4 is 40.5 Å². The second-order valence-corrected chi connectivity index (χ2v) is 3.13. The summed E-state index contributed by atoms with van der Waals surface area (Å²) in [5.41, 5.74) is 5.37. The number of nitrogen functional groups attached to an aromatic ring is 1. The number of nitrogens with zero attached hydrogens (tertiary/aromatic N) is 1. The summed E-state index contributed by atoms with van der Waals surface area (Å²) in [6.07, 6.45) is 2.64. The van der Waals surface area contributed by atoms with Crippen LogP contribution in [0.15, 0.2) is 6.20 Å². The molecule has 0 saturated heterocycles. The van der Waals surface area contributed by atoms with E-state index in [2.05, 4.69) is 4.98 Å². The molecule has 0 aromatic carbocycles. The third-order valence-electron chi connectivity index (χ3n) is 0.912. The Balaban J connectivity index is 0.000000810. The Kier molecular flexibility index (Phi) is 4.77. The molecule has 1 rings (SSSR count). The van der Waals surface area contributed by atoms with Crippen molar-refractivity contribution in [2.45, 2.75) is 6.42 Å². The van der Waals surface area contributed by atoms with E-state index in [1.807, 2.05) is 0 Å². The fraction of sp³-hybridized carbons (Fsp3) is 0.400. The summed E-state index contributed by atoms with van der Waals surface area (Å²) in [6.45, 7) is 0. The van der Waals surface area contributed by atoms with E-state index in [-0.39, 0.29) is 12.4 Å². The van der Waals surface area contributed by atoms with E-state index in [0.717, 1.165) is 11.3 Å². The van der Waals surface area contributed by atoms with Crippen molar-refractivity contribution in [3.63, 3.8) is 0 Å². The van der Waals surface area contributed by atoms with E-state index in [1.54, 1.807) is 6.20 Å². The van der Waals surface area contributed by atoms with E-state index >= 15 is 0 Å². The van der Waals surface area contributed by atoms with Gasteiger partial charge in [-0.3, -0.25) is 0 Å². The fourth-order valence-corrected chi connectivity index (χ4v) is 1.53. The van der Waals surface area contributed by atoms with Crippen molar-refractivity contribution in [2.75, 3.05) is 11.6 Å². The van der Waals surface area contributed by atoms with E-state index in [9.17, 15) is 0 Å². The fourth-order valence-electron chi connectivity index (χ4n) is 0.531. The van der Waals surface area contributed by atoms with Crippen LogP contribution in [-0.4, -0.2) is 10.9 Å². The quantitative estimate of drug-likeness (QED) is 0.739. The standard InChI is InChI=1S/C5H7ClN2S.ClH/c6-2-1-4-3-8-5(7)9-4;/h3H,1-2H2,(H2,7,8);1H. The molecule has 0 bridgehead atoms. The number of alkyl halides is 1. The van der Waals surface area contributed by atoms with Crippen LogP contribution in [0.25, 0.3) is 0 Å². The summed E-state index contributed by atoms with van der Waals surface area (Å²) in [6, 6.07) is 0. The first kappa shape index (κ1) is 10.0. The van der Waals surface area contributed by atoms with Gasteiger partial charge in [0.15, 0.2) is 5.13 Å². The number of anilines is 1. The summed E-state index contributed by atoms with van der Waals surface area (Å²) < 4.78 is 0. The summed E-state index contributed by atoms with van der Waals surface area (Å²) in [4.78, 5) is 5.03. The molecule has 5 heteroatoms. The average molecular weight is 199 g/mol. The molecule has 0 fully saturated rings. The Morgan fingerprint density at radius 3 is 2.80 bits per heavy atom. The minimum atomic E-state index is 0. The van der Waals surface area contributed by atoms with Crippen molar-refractivity contribution in [3.05, 3.63) is 11.1 Å². The number of hydrogen-bond acceptors (Lipinski definition) is 3. The maximum atomic E-state index is 5.48. The minimum absolute atomic E-state index is 0. The van der Waals surface area contributed by atoms with Crippen LogP contribution < -0.4 is 5.73 Å². The van der Waals surface area contributed by atoms with Crippen LogP contribution in [0.2, 0.25) is 0 Å². The molecular weight excluding hydrogens is 191 g/mol. The molecule has 0 aliphatic heterocycles. The SMILES string of the molecule is Cl.Nc1ncc(CCCl)s1. The molecule has 0 amide bonds. The van der Waals surface area contributed by atoms with Crippen LogP contribution in [-0.2, 0) is 6.42 Å². The molecule has 0 spiro atoms. The van der Waals surface area contributed by atoms with Crippen LogP contribution in [0.3, 0.4) is 0 Å². The van der Waals surface area contributed by atoms with Gasteiger partial charge in [0.05, 0.1) is 0 Å². The van der Waals surface area contributed by atoms with Gasteiger partial charge in [0.1, 0.15) is 0 Å². The van der Waals surface area contributed by atoms with E-state index in [4.69, 9.17) is 17.3 Å². The first-order chi connectivity index (χ1) is 4.33. The molecule has 2 N–H and O–H groups in total. The lowest BCUT2D eigenvalue weighted by Crippen LogP contribution is -1.77. The first-order valence-electron chi connectivity index (χ1n) is 2.59. The maximum absolute atomic E-state index is 5.48. The summed E-state index contributed by atoms with van der Waals surface area (Å²) in [7, 11) is 0. The average Bonchev–Trinajstić information content (AvgIpc) is 2.17. The lowest BCUT2D eigenvalue weighted by atomic mass is 10.4. The topological polar surface area (TPSA) is 38.9 Å². The second kappa shape index (κ2) is 4.77. The van der Waals surface area contributed by atoms with Gasteiger partial charge in [0, 0.05) is 17.0 Å². The Morgan fingerprint density at radius 1 is 1.70 bits per heavy atom. The van der Waals surface area contributed by atoms with Gasteiger partial charge in [0.25, 0.3) is 0 Å². The monoisotopic (exact) mass is 198 g/mol. The van der Waals surface area contributed by atoms with Crippen molar-refractivity contribution in [3.8, 4) is 0 Å². The summed E-state index contributed by atoms with van der Waals surface area (Å²) in [5, 5.41) is 0.620. The molecular formula is C5H8Cl2N2S. The van der Waals surface area contributed by atoms with Gasteiger partial charge in [0.2, 0.25) is 0 Å². The number of nitrogens with two attached hydrogens (primary N) is 1. The number of rotatable bonds is 2. The van der Waals surface area contributed by atoms with E-state index in [1.165, 1.54) is 11.3 Å². The smallest absolute Gasteiger partial charge is 0.180 e. The highest BCUT2D eigenvalue weighted by Crippen LogP contribution is 2.14. The summed E-state index contributed by atoms with van der Waals surface area (Å²) >= 11 is 6.98. The number of aryl methyl sites for hydroxylation is 1. The largest absolute Gasteiger partial charge is 0.375 e. The molecule has 1 heterocycles. The predicted octanol–water partition coefficient (Wildman–Crippen LogP) is 1.93. The van der Waals surface area contributed by atoms with Crippen molar-refractivity contribution in [1.29, 1.82) is 0 Å². The molecule has 0 saturated carbocycles. The van der Waals surface area contributed by atoms with Crippen LogP contribution in [0.1, 0.15) is 4.88 Å². The Bertz CT molecular complexity index is 190. The van der Waals surface area contributed by atoms with Gasteiger partial charge in [-0.25, -0.2) is 4.98 Å². The highest BCUT2D eigenvalue weighted by Gasteiger charge is 1.95. The lowest BCUT2D eigenvalue weighted by Gasteiger charge is -1.83. The maximum Gasteiger partial charge on any atom is 0.180 e. The van der Waals surface area contributed by atoms with Crippen LogP contribution >= 0.6 is 35.3 Å². The van der Waals surface area contributed by atoms with Crippen molar-refractivity contribution in [2.24, 2.45) is 0 Å². The Labute approximate surface area is 74.8 Å². The zero-order valence-electron chi connectivity index (χ0n) is 5.21. The molecule has 58 valence electrons. The van der Waals surface area contributed by atoms with Gasteiger partial charge in [-0.05, 0) is 6.42 Å². The van der Waals surface area contributed by atoms with Gasteiger partial charge in [-0.15, -0.1) is 35.3 Å². The van der Waals surface area contributed by atoms with Crippen LogP contribution in [0, 0.1) is 0 Å². The molecule has 10 heavy (non-hydrogen) atoms. The molecule has 0 atom stereocenters. The molecule has 2 nitrogen and oxygen atoms in total. The Hall–Kier alpha value is 0.01000. The first-order valence-corrected chi connectivity index (χ1v) is 3.94.